The summed E-state index contributed by atoms with van der Waals surface area (Å²) in [7, 11) is 0. The van der Waals surface area contributed by atoms with Gasteiger partial charge >= 0.3 is 6.18 Å². The van der Waals surface area contributed by atoms with E-state index in [1.165, 1.54) is 6.20 Å². The van der Waals surface area contributed by atoms with Gasteiger partial charge in [0.15, 0.2) is 5.82 Å². The summed E-state index contributed by atoms with van der Waals surface area (Å²) in [5.74, 6) is 2.23. The fraction of sp³-hybridized carbons (Fsp3) is 0.520. The molecule has 0 unspecified atom stereocenters. The van der Waals surface area contributed by atoms with Crippen molar-refractivity contribution >= 4 is 17.5 Å². The van der Waals surface area contributed by atoms with E-state index in [0.29, 0.717) is 37.3 Å². The number of hydrogen-bond acceptors (Lipinski definition) is 7. The first-order valence-corrected chi connectivity index (χ1v) is 12.9. The zero-order chi connectivity index (χ0) is 25.4. The highest BCUT2D eigenvalue weighted by molar-refractivity contribution is 6.30. The lowest BCUT2D eigenvalue weighted by Crippen LogP contribution is -2.62. The van der Waals surface area contributed by atoms with Crippen molar-refractivity contribution in [3.8, 4) is 5.69 Å². The molecule has 8 nitrogen and oxygen atoms in total. The Morgan fingerprint density at radius 1 is 1.08 bits per heavy atom. The maximum absolute atomic E-state index is 13.1. The zero-order valence-electron chi connectivity index (χ0n) is 20.0. The molecule has 12 heteroatoms. The number of benzene rings is 1. The van der Waals surface area contributed by atoms with E-state index < -0.39 is 11.9 Å². The van der Waals surface area contributed by atoms with Gasteiger partial charge in [-0.1, -0.05) is 11.6 Å². The van der Waals surface area contributed by atoms with Crippen LogP contribution in [0.15, 0.2) is 30.5 Å². The smallest absolute Gasteiger partial charge is 0.380 e. The second kappa shape index (κ2) is 8.37. The summed E-state index contributed by atoms with van der Waals surface area (Å²) < 4.78 is 47.0. The van der Waals surface area contributed by atoms with Gasteiger partial charge < -0.3 is 9.64 Å². The molecular formula is C25H25ClF3N7O. The lowest BCUT2D eigenvalue weighted by atomic mass is 9.57. The normalized spacial score (nSPS) is 23.4. The highest BCUT2D eigenvalue weighted by atomic mass is 35.5. The van der Waals surface area contributed by atoms with Gasteiger partial charge in [-0.2, -0.15) is 13.2 Å². The molecule has 3 aliphatic heterocycles. The van der Waals surface area contributed by atoms with Gasteiger partial charge in [-0.25, -0.2) is 9.97 Å². The molecule has 1 aliphatic carbocycles. The quantitative estimate of drug-likeness (QED) is 0.501. The molecule has 0 radical (unpaired) electrons. The van der Waals surface area contributed by atoms with Crippen LogP contribution < -0.4 is 4.90 Å². The van der Waals surface area contributed by atoms with Gasteiger partial charge in [-0.05, 0) is 49.1 Å². The average molecular weight is 532 g/mol. The Labute approximate surface area is 216 Å². The lowest BCUT2D eigenvalue weighted by Gasteiger charge is -2.58. The Morgan fingerprint density at radius 2 is 1.92 bits per heavy atom. The first kappa shape index (κ1) is 23.4. The molecule has 2 saturated heterocycles. The monoisotopic (exact) mass is 531 g/mol. The van der Waals surface area contributed by atoms with E-state index in [2.05, 4.69) is 29.6 Å². The Morgan fingerprint density at radius 3 is 2.68 bits per heavy atom. The number of aromatic nitrogens is 5. The molecule has 3 aromatic rings. The molecule has 0 amide bonds. The molecule has 1 atom stereocenters. The Balaban J connectivity index is 1.11. The number of halogens is 4. The van der Waals surface area contributed by atoms with E-state index in [1.807, 2.05) is 23.1 Å². The van der Waals surface area contributed by atoms with Gasteiger partial charge in [0.1, 0.15) is 11.5 Å². The van der Waals surface area contributed by atoms with Gasteiger partial charge in [0, 0.05) is 54.8 Å². The van der Waals surface area contributed by atoms with Crippen LogP contribution in [0.25, 0.3) is 5.69 Å². The highest BCUT2D eigenvalue weighted by Gasteiger charge is 2.55. The van der Waals surface area contributed by atoms with Gasteiger partial charge in [0.2, 0.25) is 5.95 Å². The Hall–Kier alpha value is -2.76. The van der Waals surface area contributed by atoms with Crippen LogP contribution in [-0.4, -0.2) is 62.0 Å². The minimum absolute atomic E-state index is 0.0510. The van der Waals surface area contributed by atoms with Gasteiger partial charge in [-0.15, -0.1) is 10.2 Å². The molecule has 0 N–H and O–H groups in total. The minimum atomic E-state index is -4.48. The first-order chi connectivity index (χ1) is 17.8. The predicted octanol–water partition coefficient (Wildman–Crippen LogP) is 4.22. The van der Waals surface area contributed by atoms with Crippen LogP contribution in [0.5, 0.6) is 0 Å². The van der Waals surface area contributed by atoms with Crippen molar-refractivity contribution in [3.05, 3.63) is 58.4 Å². The van der Waals surface area contributed by atoms with Crippen molar-refractivity contribution in [3.63, 3.8) is 0 Å². The molecule has 1 aromatic carbocycles. The number of hydrogen-bond donors (Lipinski definition) is 0. The second-order valence-electron chi connectivity index (χ2n) is 10.7. The summed E-state index contributed by atoms with van der Waals surface area (Å²) in [6.07, 6.45) is -0.494. The number of ether oxygens (including phenoxy) is 1. The molecule has 0 bridgehead atoms. The van der Waals surface area contributed by atoms with E-state index in [9.17, 15) is 13.2 Å². The topological polar surface area (TPSA) is 72.2 Å². The van der Waals surface area contributed by atoms with Crippen molar-refractivity contribution in [2.75, 3.05) is 31.2 Å². The van der Waals surface area contributed by atoms with Crippen LogP contribution in [0, 0.1) is 5.41 Å². The third-order valence-electron chi connectivity index (χ3n) is 8.17. The maximum atomic E-state index is 13.1. The molecule has 37 heavy (non-hydrogen) atoms. The van der Waals surface area contributed by atoms with Crippen molar-refractivity contribution in [2.24, 2.45) is 5.41 Å². The predicted molar refractivity (Wildman–Crippen MR) is 128 cm³/mol. The molecule has 194 valence electrons. The van der Waals surface area contributed by atoms with Gasteiger partial charge in [-0.3, -0.25) is 9.47 Å². The van der Waals surface area contributed by atoms with Crippen LogP contribution in [0.1, 0.15) is 48.1 Å². The third kappa shape index (κ3) is 3.98. The lowest BCUT2D eigenvalue weighted by molar-refractivity contribution is -0.141. The fourth-order valence-electron chi connectivity index (χ4n) is 6.37. The van der Waals surface area contributed by atoms with E-state index in [4.69, 9.17) is 16.3 Å². The van der Waals surface area contributed by atoms with E-state index in [-0.39, 0.29) is 17.3 Å². The van der Waals surface area contributed by atoms with Crippen molar-refractivity contribution in [2.45, 2.75) is 50.5 Å². The Bertz CT molecular complexity index is 1340. The maximum Gasteiger partial charge on any atom is 0.433 e. The average Bonchev–Trinajstić information content (AvgIpc) is 3.45. The summed E-state index contributed by atoms with van der Waals surface area (Å²) in [6, 6.07) is 7.22. The summed E-state index contributed by atoms with van der Waals surface area (Å²) >= 11 is 6.38. The van der Waals surface area contributed by atoms with Crippen LogP contribution in [0.2, 0.25) is 5.02 Å². The van der Waals surface area contributed by atoms with Gasteiger partial charge in [0.05, 0.1) is 18.8 Å². The number of anilines is 1. The molecule has 2 aromatic heterocycles. The van der Waals surface area contributed by atoms with Crippen molar-refractivity contribution in [1.29, 1.82) is 0 Å². The van der Waals surface area contributed by atoms with Crippen LogP contribution >= 0.6 is 11.6 Å². The van der Waals surface area contributed by atoms with Crippen molar-refractivity contribution < 1.29 is 17.9 Å². The number of nitrogens with zero attached hydrogens (tertiary/aromatic N) is 7. The molecule has 4 aliphatic rings. The van der Waals surface area contributed by atoms with Crippen LogP contribution in [-0.2, 0) is 24.0 Å². The van der Waals surface area contributed by atoms with E-state index in [0.717, 1.165) is 61.4 Å². The molecular weight excluding hydrogens is 507 g/mol. The van der Waals surface area contributed by atoms with Crippen LogP contribution in [0.4, 0.5) is 19.1 Å². The molecule has 5 heterocycles. The summed E-state index contributed by atoms with van der Waals surface area (Å²) in [4.78, 5) is 12.0. The summed E-state index contributed by atoms with van der Waals surface area (Å²) in [5, 5.41) is 9.95. The molecule has 3 fully saturated rings. The highest BCUT2D eigenvalue weighted by Crippen LogP contribution is 2.56. The van der Waals surface area contributed by atoms with E-state index in [1.54, 1.807) is 0 Å². The van der Waals surface area contributed by atoms with Crippen molar-refractivity contribution in [1.82, 2.24) is 29.6 Å². The standard InChI is InChI=1S/C25H25ClF3N7O/c26-17-1-2-19-15(7-17)10-34(18-4-6-37-12-18)11-21-32-33-22(36(19)21)16-8-24(9-16)13-35(14-24)23-30-5-3-20(31-23)25(27,28)29/h1-3,5,7,16,18H,4,6,8-14H2/t18-/m0/s1. The molecule has 1 saturated carbocycles. The van der Waals surface area contributed by atoms with Gasteiger partial charge in [0.25, 0.3) is 0 Å². The number of alkyl halides is 3. The summed E-state index contributed by atoms with van der Waals surface area (Å²) in [6.45, 7) is 4.24. The van der Waals surface area contributed by atoms with E-state index >= 15 is 0 Å². The number of rotatable bonds is 3. The molecule has 1 spiro atoms. The SMILES string of the molecule is FC(F)(F)c1ccnc(N2CC3(CC(c4nnc5n4-c4ccc(Cl)cc4CN([C@H]4CCOC4)C5)C3)C2)n1. The molecule has 7 rings (SSSR count). The second-order valence-corrected chi connectivity index (χ2v) is 11.1. The first-order valence-electron chi connectivity index (χ1n) is 12.5. The zero-order valence-corrected chi connectivity index (χ0v) is 20.7. The van der Waals surface area contributed by atoms with Crippen LogP contribution in [0.3, 0.4) is 0 Å². The summed E-state index contributed by atoms with van der Waals surface area (Å²) in [5.41, 5.74) is 1.35. The minimum Gasteiger partial charge on any atom is -0.380 e. The Kier molecular flexibility index (Phi) is 5.29. The number of fused-ring (bicyclic) bond motifs is 3. The fourth-order valence-corrected chi connectivity index (χ4v) is 6.57. The third-order valence-corrected chi connectivity index (χ3v) is 8.41. The largest absolute Gasteiger partial charge is 0.433 e.